The van der Waals surface area contributed by atoms with Gasteiger partial charge in [-0.15, -0.1) is 0 Å². The van der Waals surface area contributed by atoms with E-state index in [4.69, 9.17) is 5.11 Å². The van der Waals surface area contributed by atoms with Gasteiger partial charge in [0.1, 0.15) is 0 Å². The Labute approximate surface area is 103 Å². The van der Waals surface area contributed by atoms with E-state index in [9.17, 15) is 4.79 Å². The first-order valence-electron chi connectivity index (χ1n) is 6.78. The lowest BCUT2D eigenvalue weighted by Crippen LogP contribution is -2.48. The fourth-order valence-electron chi connectivity index (χ4n) is 3.09. The third kappa shape index (κ3) is 2.63. The summed E-state index contributed by atoms with van der Waals surface area (Å²) in [6.07, 6.45) is 3.72. The summed E-state index contributed by atoms with van der Waals surface area (Å²) in [4.78, 5) is 12.2. The maximum absolute atomic E-state index is 12.2. The van der Waals surface area contributed by atoms with Gasteiger partial charge in [0.05, 0.1) is 6.04 Å². The molecule has 2 fully saturated rings. The molecule has 0 bridgehead atoms. The average Bonchev–Trinajstić information content (AvgIpc) is 2.88. The second-order valence-electron chi connectivity index (χ2n) is 5.70. The third-order valence-corrected chi connectivity index (χ3v) is 4.54. The van der Waals surface area contributed by atoms with Crippen LogP contribution in [0.1, 0.15) is 33.1 Å². The maximum atomic E-state index is 12.2. The van der Waals surface area contributed by atoms with Crippen LogP contribution in [0.25, 0.3) is 0 Å². The molecule has 1 amide bonds. The number of carbonyl (C=O) groups excluding carboxylic acids is 1. The molecule has 17 heavy (non-hydrogen) atoms. The number of nitrogens with one attached hydrogen (secondary N) is 2. The molecule has 0 aromatic heterocycles. The van der Waals surface area contributed by atoms with Crippen molar-refractivity contribution in [2.24, 2.45) is 17.8 Å². The topological polar surface area (TPSA) is 61.4 Å². The quantitative estimate of drug-likeness (QED) is 0.671. The normalized spacial score (nSPS) is 35.4. The predicted molar refractivity (Wildman–Crippen MR) is 66.5 cm³/mol. The molecule has 1 aliphatic heterocycles. The molecule has 4 nitrogen and oxygen atoms in total. The zero-order valence-corrected chi connectivity index (χ0v) is 10.8. The van der Waals surface area contributed by atoms with Gasteiger partial charge in [0, 0.05) is 12.6 Å². The SMILES string of the molecule is CC(CO)C(C)NC(=O)C1NCC2CCCC21. The van der Waals surface area contributed by atoms with Crippen molar-refractivity contribution in [3.63, 3.8) is 0 Å². The highest BCUT2D eigenvalue weighted by Gasteiger charge is 2.42. The van der Waals surface area contributed by atoms with Crippen molar-refractivity contribution < 1.29 is 9.90 Å². The van der Waals surface area contributed by atoms with Crippen LogP contribution in [0.5, 0.6) is 0 Å². The van der Waals surface area contributed by atoms with E-state index in [2.05, 4.69) is 10.6 Å². The van der Waals surface area contributed by atoms with E-state index in [0.29, 0.717) is 11.8 Å². The molecule has 0 aromatic carbocycles. The molecule has 0 aromatic rings. The summed E-state index contributed by atoms with van der Waals surface area (Å²) in [6, 6.07) is 0.0330. The minimum atomic E-state index is -0.00385. The molecule has 4 heteroatoms. The minimum Gasteiger partial charge on any atom is -0.396 e. The summed E-state index contributed by atoms with van der Waals surface area (Å²) in [5.74, 6) is 1.47. The summed E-state index contributed by atoms with van der Waals surface area (Å²) in [7, 11) is 0. The molecular formula is C13H24N2O2. The third-order valence-electron chi connectivity index (χ3n) is 4.54. The fraction of sp³-hybridized carbons (Fsp3) is 0.923. The standard InChI is InChI=1S/C13H24N2O2/c1-8(7-16)9(2)15-13(17)12-11-5-3-4-10(11)6-14-12/h8-12,14,16H,3-7H2,1-2H3,(H,15,17). The highest BCUT2D eigenvalue weighted by Crippen LogP contribution is 2.37. The number of rotatable bonds is 4. The smallest absolute Gasteiger partial charge is 0.237 e. The first-order chi connectivity index (χ1) is 8.13. The van der Waals surface area contributed by atoms with E-state index in [-0.39, 0.29) is 30.5 Å². The Morgan fingerprint density at radius 1 is 1.47 bits per heavy atom. The van der Waals surface area contributed by atoms with Crippen molar-refractivity contribution in [1.29, 1.82) is 0 Å². The van der Waals surface area contributed by atoms with E-state index in [1.165, 1.54) is 19.3 Å². The largest absolute Gasteiger partial charge is 0.396 e. The number of hydrogen-bond donors (Lipinski definition) is 3. The van der Waals surface area contributed by atoms with Gasteiger partial charge in [0.15, 0.2) is 0 Å². The molecule has 2 rings (SSSR count). The van der Waals surface area contributed by atoms with E-state index in [1.54, 1.807) is 0 Å². The second kappa shape index (κ2) is 5.36. The molecule has 1 aliphatic carbocycles. The highest BCUT2D eigenvalue weighted by atomic mass is 16.3. The second-order valence-corrected chi connectivity index (χ2v) is 5.70. The zero-order valence-electron chi connectivity index (χ0n) is 10.8. The van der Waals surface area contributed by atoms with Gasteiger partial charge in [-0.1, -0.05) is 13.3 Å². The van der Waals surface area contributed by atoms with Crippen LogP contribution in [0.4, 0.5) is 0 Å². The highest BCUT2D eigenvalue weighted by molar-refractivity contribution is 5.82. The van der Waals surface area contributed by atoms with Gasteiger partial charge in [-0.3, -0.25) is 4.79 Å². The van der Waals surface area contributed by atoms with Crippen LogP contribution in [0, 0.1) is 17.8 Å². The molecule has 0 radical (unpaired) electrons. The van der Waals surface area contributed by atoms with Crippen LogP contribution in [0.15, 0.2) is 0 Å². The number of amides is 1. The molecule has 3 N–H and O–H groups in total. The van der Waals surface area contributed by atoms with Crippen LogP contribution in [0.2, 0.25) is 0 Å². The number of hydrogen-bond acceptors (Lipinski definition) is 3. The van der Waals surface area contributed by atoms with E-state index in [0.717, 1.165) is 6.54 Å². The Kier molecular flexibility index (Phi) is 4.05. The summed E-state index contributed by atoms with van der Waals surface area (Å²) < 4.78 is 0. The van der Waals surface area contributed by atoms with Crippen molar-refractivity contribution in [2.45, 2.75) is 45.2 Å². The fourth-order valence-corrected chi connectivity index (χ4v) is 3.09. The zero-order chi connectivity index (χ0) is 12.4. The van der Waals surface area contributed by atoms with Gasteiger partial charge in [0.2, 0.25) is 5.91 Å². The van der Waals surface area contributed by atoms with Crippen LogP contribution >= 0.6 is 0 Å². The van der Waals surface area contributed by atoms with Crippen molar-refractivity contribution in [2.75, 3.05) is 13.2 Å². The predicted octanol–water partition coefficient (Wildman–Crippen LogP) is 0.508. The Hall–Kier alpha value is -0.610. The summed E-state index contributed by atoms with van der Waals surface area (Å²) in [5, 5.41) is 15.4. The van der Waals surface area contributed by atoms with Crippen molar-refractivity contribution in [1.82, 2.24) is 10.6 Å². The van der Waals surface area contributed by atoms with Gasteiger partial charge in [-0.05, 0) is 44.1 Å². The summed E-state index contributed by atoms with van der Waals surface area (Å²) in [6.45, 7) is 5.02. The van der Waals surface area contributed by atoms with E-state index < -0.39 is 0 Å². The first-order valence-corrected chi connectivity index (χ1v) is 6.78. The molecular weight excluding hydrogens is 216 g/mol. The minimum absolute atomic E-state index is 0.00385. The number of carbonyl (C=O) groups is 1. The van der Waals surface area contributed by atoms with Gasteiger partial charge in [0.25, 0.3) is 0 Å². The molecule has 2 aliphatic rings. The van der Waals surface area contributed by atoms with Crippen LogP contribution in [0.3, 0.4) is 0 Å². The van der Waals surface area contributed by atoms with E-state index in [1.807, 2.05) is 13.8 Å². The van der Waals surface area contributed by atoms with Gasteiger partial charge < -0.3 is 15.7 Å². The lowest BCUT2D eigenvalue weighted by Gasteiger charge is -2.24. The molecule has 98 valence electrons. The average molecular weight is 240 g/mol. The summed E-state index contributed by atoms with van der Waals surface area (Å²) in [5.41, 5.74) is 0. The van der Waals surface area contributed by atoms with Gasteiger partial charge >= 0.3 is 0 Å². The Morgan fingerprint density at radius 2 is 2.24 bits per heavy atom. The number of aliphatic hydroxyl groups excluding tert-OH is 1. The lowest BCUT2D eigenvalue weighted by molar-refractivity contribution is -0.124. The lowest BCUT2D eigenvalue weighted by atomic mass is 9.93. The van der Waals surface area contributed by atoms with Gasteiger partial charge in [-0.25, -0.2) is 0 Å². The van der Waals surface area contributed by atoms with Crippen LogP contribution < -0.4 is 10.6 Å². The maximum Gasteiger partial charge on any atom is 0.237 e. The molecule has 1 saturated carbocycles. The van der Waals surface area contributed by atoms with Crippen LogP contribution in [-0.2, 0) is 4.79 Å². The Balaban J connectivity index is 1.88. The molecule has 1 saturated heterocycles. The monoisotopic (exact) mass is 240 g/mol. The van der Waals surface area contributed by atoms with Crippen molar-refractivity contribution >= 4 is 5.91 Å². The Bertz CT molecular complexity index is 283. The Morgan fingerprint density at radius 3 is 2.94 bits per heavy atom. The molecule has 5 atom stereocenters. The molecule has 1 heterocycles. The first kappa shape index (κ1) is 12.8. The van der Waals surface area contributed by atoms with Crippen molar-refractivity contribution in [3.8, 4) is 0 Å². The summed E-state index contributed by atoms with van der Waals surface area (Å²) >= 11 is 0. The molecule has 0 spiro atoms. The van der Waals surface area contributed by atoms with Crippen molar-refractivity contribution in [3.05, 3.63) is 0 Å². The number of fused-ring (bicyclic) bond motifs is 1. The molecule has 5 unspecified atom stereocenters. The van der Waals surface area contributed by atoms with Gasteiger partial charge in [-0.2, -0.15) is 0 Å². The van der Waals surface area contributed by atoms with E-state index >= 15 is 0 Å². The van der Waals surface area contributed by atoms with Crippen LogP contribution in [-0.4, -0.2) is 36.2 Å². The number of aliphatic hydroxyl groups is 1.